The molecule has 0 saturated carbocycles. The second kappa shape index (κ2) is 7.86. The number of aryl methyl sites for hydroxylation is 1. The molecule has 0 aromatic carbocycles. The summed E-state index contributed by atoms with van der Waals surface area (Å²) in [5.74, 6) is 0.469. The zero-order valence-electron chi connectivity index (χ0n) is 16.7. The molecule has 3 aromatic heterocycles. The first-order valence-electron chi connectivity index (χ1n) is 9.43. The highest BCUT2D eigenvalue weighted by atomic mass is 35.5. The smallest absolute Gasteiger partial charge is 0.335 e. The number of amides is 1. The summed E-state index contributed by atoms with van der Waals surface area (Å²) < 4.78 is 9.87. The quantitative estimate of drug-likeness (QED) is 0.596. The standard InChI is InChI=1S/C19H22ClN7O3/c1-4-16(28)25-6-5-12(8-25)9-26-11-13(17-21-7-15(20)27(17)19(26)29)22-14-10-24(2)23-18(14)30-3/h4,7,10-12,22H,1,5-6,8-9H2,2-3H3. The lowest BCUT2D eigenvalue weighted by Gasteiger charge is -2.16. The zero-order chi connectivity index (χ0) is 21.4. The maximum atomic E-state index is 13.0. The van der Waals surface area contributed by atoms with E-state index < -0.39 is 0 Å². The third-order valence-electron chi connectivity index (χ3n) is 5.17. The van der Waals surface area contributed by atoms with Gasteiger partial charge in [-0.15, -0.1) is 5.10 Å². The molecule has 1 atom stereocenters. The third kappa shape index (κ3) is 3.54. The maximum Gasteiger partial charge on any atom is 0.335 e. The highest BCUT2D eigenvalue weighted by molar-refractivity contribution is 6.29. The Bertz CT molecular complexity index is 1180. The molecule has 4 heterocycles. The summed E-state index contributed by atoms with van der Waals surface area (Å²) in [4.78, 5) is 30.9. The molecule has 11 heteroatoms. The van der Waals surface area contributed by atoms with Gasteiger partial charge in [-0.2, -0.15) is 0 Å². The van der Waals surface area contributed by atoms with Gasteiger partial charge in [0, 0.05) is 32.9 Å². The van der Waals surface area contributed by atoms with Crippen LogP contribution in [0.15, 0.2) is 36.0 Å². The van der Waals surface area contributed by atoms with Crippen molar-refractivity contribution < 1.29 is 9.53 Å². The molecule has 1 fully saturated rings. The number of rotatable bonds is 6. The van der Waals surface area contributed by atoms with Gasteiger partial charge in [-0.25, -0.2) is 14.2 Å². The number of imidazole rings is 1. The number of hydrogen-bond acceptors (Lipinski definition) is 6. The Kier molecular flexibility index (Phi) is 5.25. The van der Waals surface area contributed by atoms with E-state index in [4.69, 9.17) is 16.3 Å². The summed E-state index contributed by atoms with van der Waals surface area (Å²) in [7, 11) is 3.32. The number of methoxy groups -OCH3 is 1. The number of halogens is 1. The molecule has 0 spiro atoms. The number of nitrogens with one attached hydrogen (secondary N) is 1. The molecule has 0 bridgehead atoms. The van der Waals surface area contributed by atoms with Crippen molar-refractivity contribution in [2.45, 2.75) is 13.0 Å². The van der Waals surface area contributed by atoms with E-state index in [1.165, 1.54) is 23.8 Å². The Balaban J connectivity index is 1.70. The van der Waals surface area contributed by atoms with Crippen LogP contribution in [0.4, 0.5) is 11.4 Å². The van der Waals surface area contributed by atoms with Gasteiger partial charge in [0.2, 0.25) is 5.91 Å². The van der Waals surface area contributed by atoms with Crippen LogP contribution in [0.5, 0.6) is 5.88 Å². The molecule has 10 nitrogen and oxygen atoms in total. The van der Waals surface area contributed by atoms with Crippen molar-refractivity contribution in [1.82, 2.24) is 28.6 Å². The summed E-state index contributed by atoms with van der Waals surface area (Å²) in [6.07, 6.45) is 7.04. The second-order valence-corrected chi connectivity index (χ2v) is 7.60. The van der Waals surface area contributed by atoms with Crippen molar-refractivity contribution in [2.24, 2.45) is 13.0 Å². The van der Waals surface area contributed by atoms with Gasteiger partial charge in [-0.3, -0.25) is 14.0 Å². The fourth-order valence-corrected chi connectivity index (χ4v) is 3.96. The van der Waals surface area contributed by atoms with E-state index in [0.29, 0.717) is 42.5 Å². The molecule has 0 aliphatic carbocycles. The minimum absolute atomic E-state index is 0.0935. The maximum absolute atomic E-state index is 13.0. The topological polar surface area (TPSA) is 98.7 Å². The summed E-state index contributed by atoms with van der Waals surface area (Å²) in [5, 5.41) is 7.70. The van der Waals surface area contributed by atoms with Crippen molar-refractivity contribution in [1.29, 1.82) is 0 Å². The minimum atomic E-state index is -0.287. The number of carbonyl (C=O) groups excluding carboxylic acids is 1. The Morgan fingerprint density at radius 1 is 1.43 bits per heavy atom. The lowest BCUT2D eigenvalue weighted by Crippen LogP contribution is -2.31. The first-order valence-corrected chi connectivity index (χ1v) is 9.81. The van der Waals surface area contributed by atoms with Crippen LogP contribution in [0, 0.1) is 5.92 Å². The molecule has 4 rings (SSSR count). The Morgan fingerprint density at radius 2 is 2.23 bits per heavy atom. The molecule has 0 radical (unpaired) electrons. The molecule has 1 saturated heterocycles. The van der Waals surface area contributed by atoms with Gasteiger partial charge in [0.05, 0.1) is 25.2 Å². The molecule has 30 heavy (non-hydrogen) atoms. The summed E-state index contributed by atoms with van der Waals surface area (Å²) in [5.41, 5.74) is 1.34. The van der Waals surface area contributed by atoms with Gasteiger partial charge >= 0.3 is 5.69 Å². The van der Waals surface area contributed by atoms with E-state index >= 15 is 0 Å². The summed E-state index contributed by atoms with van der Waals surface area (Å²) in [6, 6.07) is 0. The Hall–Kier alpha value is -3.27. The third-order valence-corrected chi connectivity index (χ3v) is 5.43. The van der Waals surface area contributed by atoms with Gasteiger partial charge in [0.25, 0.3) is 5.88 Å². The van der Waals surface area contributed by atoms with Crippen molar-refractivity contribution in [3.63, 3.8) is 0 Å². The van der Waals surface area contributed by atoms with Crippen molar-refractivity contribution in [3.05, 3.63) is 46.9 Å². The van der Waals surface area contributed by atoms with Crippen molar-refractivity contribution >= 4 is 34.5 Å². The fourth-order valence-electron chi connectivity index (χ4n) is 3.76. The molecule has 1 N–H and O–H groups in total. The van der Waals surface area contributed by atoms with E-state index in [9.17, 15) is 9.59 Å². The van der Waals surface area contributed by atoms with E-state index in [2.05, 4.69) is 22.0 Å². The fraction of sp³-hybridized carbons (Fsp3) is 0.368. The second-order valence-electron chi connectivity index (χ2n) is 7.21. The number of anilines is 2. The van der Waals surface area contributed by atoms with Gasteiger partial charge in [-0.05, 0) is 18.4 Å². The van der Waals surface area contributed by atoms with E-state index in [1.807, 2.05) is 0 Å². The molecular weight excluding hydrogens is 410 g/mol. The highest BCUT2D eigenvalue weighted by Crippen LogP contribution is 2.28. The molecule has 1 aliphatic heterocycles. The van der Waals surface area contributed by atoms with Crippen LogP contribution >= 0.6 is 11.6 Å². The Labute approximate surface area is 177 Å². The monoisotopic (exact) mass is 431 g/mol. The number of fused-ring (bicyclic) bond motifs is 1. The van der Waals surface area contributed by atoms with E-state index in [-0.39, 0.29) is 22.7 Å². The predicted molar refractivity (Wildman–Crippen MR) is 112 cm³/mol. The number of aromatic nitrogens is 5. The van der Waals surface area contributed by atoms with Gasteiger partial charge in [0.1, 0.15) is 10.8 Å². The molecular formula is C19H22ClN7O3. The van der Waals surface area contributed by atoms with Crippen LogP contribution in [0.3, 0.4) is 0 Å². The normalized spacial score (nSPS) is 16.2. The molecule has 1 amide bonds. The van der Waals surface area contributed by atoms with Gasteiger partial charge in [-0.1, -0.05) is 18.2 Å². The van der Waals surface area contributed by atoms with Crippen LogP contribution in [-0.2, 0) is 18.4 Å². The Morgan fingerprint density at radius 3 is 2.97 bits per heavy atom. The number of hydrogen-bond donors (Lipinski definition) is 1. The number of likely N-dealkylation sites (tertiary alicyclic amines) is 1. The van der Waals surface area contributed by atoms with Crippen LogP contribution in [0.2, 0.25) is 5.15 Å². The zero-order valence-corrected chi connectivity index (χ0v) is 17.5. The lowest BCUT2D eigenvalue weighted by molar-refractivity contribution is -0.125. The minimum Gasteiger partial charge on any atom is -0.478 e. The van der Waals surface area contributed by atoms with Crippen LogP contribution in [0.25, 0.3) is 5.65 Å². The molecule has 3 aromatic rings. The summed E-state index contributed by atoms with van der Waals surface area (Å²) >= 11 is 6.24. The van der Waals surface area contributed by atoms with Crippen molar-refractivity contribution in [2.75, 3.05) is 25.5 Å². The SMILES string of the molecule is C=CC(=O)N1CCC(Cn2cc(Nc3cn(C)nc3OC)c3ncc(Cl)n3c2=O)C1. The van der Waals surface area contributed by atoms with E-state index in [1.54, 1.807) is 33.6 Å². The molecule has 1 unspecified atom stereocenters. The van der Waals surface area contributed by atoms with Gasteiger partial charge < -0.3 is 15.0 Å². The number of carbonyl (C=O) groups is 1. The first-order chi connectivity index (χ1) is 14.4. The number of nitrogens with zero attached hydrogens (tertiary/aromatic N) is 6. The number of ether oxygens (including phenoxy) is 1. The van der Waals surface area contributed by atoms with Crippen LogP contribution < -0.4 is 15.7 Å². The largest absolute Gasteiger partial charge is 0.478 e. The average Bonchev–Trinajstić information content (AvgIpc) is 3.44. The average molecular weight is 432 g/mol. The van der Waals surface area contributed by atoms with E-state index in [0.717, 1.165) is 6.42 Å². The highest BCUT2D eigenvalue weighted by Gasteiger charge is 2.26. The molecule has 1 aliphatic rings. The lowest BCUT2D eigenvalue weighted by atomic mass is 10.1. The first kappa shape index (κ1) is 20.0. The molecule has 158 valence electrons. The summed E-state index contributed by atoms with van der Waals surface area (Å²) in [6.45, 7) is 5.21. The predicted octanol–water partition coefficient (Wildman–Crippen LogP) is 1.67. The van der Waals surface area contributed by atoms with Gasteiger partial charge in [0.15, 0.2) is 5.65 Å². The van der Waals surface area contributed by atoms with Crippen LogP contribution in [0.1, 0.15) is 6.42 Å². The van der Waals surface area contributed by atoms with Crippen LogP contribution in [-0.4, -0.2) is 54.7 Å². The van der Waals surface area contributed by atoms with Crippen molar-refractivity contribution in [3.8, 4) is 5.88 Å².